The highest BCUT2D eigenvalue weighted by Gasteiger charge is 2.29. The van der Waals surface area contributed by atoms with Crippen molar-refractivity contribution in [3.8, 4) is 0 Å². The molecular weight excluding hydrogens is 404 g/mol. The van der Waals surface area contributed by atoms with E-state index in [0.29, 0.717) is 12.8 Å². The number of halogens is 2. The molecule has 0 saturated heterocycles. The molecule has 0 bridgehead atoms. The second-order valence-electron chi connectivity index (χ2n) is 4.56. The Balaban J connectivity index is 2.74. The number of methoxy groups -OCH3 is 2. The number of hydrogen-bond donors (Lipinski definition) is 0. The number of benzene rings is 1. The molecule has 0 aromatic heterocycles. The topological polar surface area (TPSA) is 52.6 Å². The SMILES string of the molecule is COC(=O)C(Br)CC(CC(Br)c1ccccc1)C(=O)OC. The third-order valence-electron chi connectivity index (χ3n) is 3.14. The summed E-state index contributed by atoms with van der Waals surface area (Å²) < 4.78 is 9.50. The summed E-state index contributed by atoms with van der Waals surface area (Å²) in [5.41, 5.74) is 1.08. The second kappa shape index (κ2) is 9.20. The van der Waals surface area contributed by atoms with Crippen molar-refractivity contribution < 1.29 is 19.1 Å². The van der Waals surface area contributed by atoms with Gasteiger partial charge in [0.2, 0.25) is 0 Å². The number of carbonyl (C=O) groups is 2. The molecule has 116 valence electrons. The van der Waals surface area contributed by atoms with Crippen LogP contribution < -0.4 is 0 Å². The summed E-state index contributed by atoms with van der Waals surface area (Å²) >= 11 is 6.84. The predicted octanol–water partition coefficient (Wildman–Crippen LogP) is 3.63. The van der Waals surface area contributed by atoms with Crippen molar-refractivity contribution in [3.05, 3.63) is 35.9 Å². The highest BCUT2D eigenvalue weighted by atomic mass is 79.9. The van der Waals surface area contributed by atoms with Gasteiger partial charge in [0.05, 0.1) is 20.1 Å². The molecule has 0 aliphatic rings. The number of alkyl halides is 2. The van der Waals surface area contributed by atoms with Crippen LogP contribution in [0.5, 0.6) is 0 Å². The van der Waals surface area contributed by atoms with Crippen LogP contribution in [0.15, 0.2) is 30.3 Å². The molecule has 0 N–H and O–H groups in total. The Morgan fingerprint density at radius 3 is 2.10 bits per heavy atom. The van der Waals surface area contributed by atoms with E-state index in [1.165, 1.54) is 14.2 Å². The average Bonchev–Trinajstić information content (AvgIpc) is 2.53. The van der Waals surface area contributed by atoms with Crippen LogP contribution >= 0.6 is 31.9 Å². The van der Waals surface area contributed by atoms with Crippen molar-refractivity contribution in [3.63, 3.8) is 0 Å². The molecular formula is C15H18Br2O4. The molecule has 21 heavy (non-hydrogen) atoms. The van der Waals surface area contributed by atoms with Crippen LogP contribution in [0, 0.1) is 5.92 Å². The molecule has 0 radical (unpaired) electrons. The van der Waals surface area contributed by atoms with E-state index in [1.54, 1.807) is 0 Å². The van der Waals surface area contributed by atoms with E-state index in [0.717, 1.165) is 5.56 Å². The molecule has 1 aromatic rings. The summed E-state index contributed by atoms with van der Waals surface area (Å²) in [4.78, 5) is 22.9. The molecule has 6 heteroatoms. The zero-order valence-electron chi connectivity index (χ0n) is 11.9. The summed E-state index contributed by atoms with van der Waals surface area (Å²) in [5, 5.41) is 0. The smallest absolute Gasteiger partial charge is 0.319 e. The van der Waals surface area contributed by atoms with Gasteiger partial charge in [-0.15, -0.1) is 0 Å². The van der Waals surface area contributed by atoms with Crippen molar-refractivity contribution in [1.29, 1.82) is 0 Å². The van der Waals surface area contributed by atoms with Crippen molar-refractivity contribution >= 4 is 43.8 Å². The van der Waals surface area contributed by atoms with Crippen molar-refractivity contribution in [2.75, 3.05) is 14.2 Å². The Labute approximate surface area is 141 Å². The molecule has 1 aromatic carbocycles. The molecule has 0 fully saturated rings. The predicted molar refractivity (Wildman–Crippen MR) is 87.6 cm³/mol. The molecule has 0 aliphatic carbocycles. The van der Waals surface area contributed by atoms with Gasteiger partial charge in [-0.2, -0.15) is 0 Å². The summed E-state index contributed by atoms with van der Waals surface area (Å²) in [6.45, 7) is 0. The molecule has 0 spiro atoms. The Morgan fingerprint density at radius 2 is 1.57 bits per heavy atom. The summed E-state index contributed by atoms with van der Waals surface area (Å²) in [6.07, 6.45) is 0.865. The van der Waals surface area contributed by atoms with E-state index in [9.17, 15) is 9.59 Å². The van der Waals surface area contributed by atoms with Crippen LogP contribution in [0.1, 0.15) is 23.2 Å². The van der Waals surface area contributed by atoms with Gasteiger partial charge in [0.15, 0.2) is 0 Å². The lowest BCUT2D eigenvalue weighted by Crippen LogP contribution is -2.25. The van der Waals surface area contributed by atoms with Gasteiger partial charge in [-0.1, -0.05) is 62.2 Å². The zero-order chi connectivity index (χ0) is 15.8. The maximum absolute atomic E-state index is 11.9. The summed E-state index contributed by atoms with van der Waals surface area (Å²) in [6, 6.07) is 9.79. The lowest BCUT2D eigenvalue weighted by Gasteiger charge is -2.20. The standard InChI is InChI=1S/C15H18Br2O4/c1-20-14(18)11(9-13(17)15(19)21-2)8-12(16)10-6-4-3-5-7-10/h3-7,11-13H,8-9H2,1-2H3. The Hall–Kier alpha value is -0.880. The lowest BCUT2D eigenvalue weighted by molar-refractivity contribution is -0.146. The minimum Gasteiger partial charge on any atom is -0.469 e. The maximum Gasteiger partial charge on any atom is 0.319 e. The molecule has 3 atom stereocenters. The first kappa shape index (κ1) is 18.2. The molecule has 0 heterocycles. The Morgan fingerprint density at radius 1 is 1.00 bits per heavy atom. The van der Waals surface area contributed by atoms with E-state index < -0.39 is 16.7 Å². The molecule has 0 aliphatic heterocycles. The van der Waals surface area contributed by atoms with Crippen LogP contribution in [0.2, 0.25) is 0 Å². The molecule has 4 nitrogen and oxygen atoms in total. The average molecular weight is 422 g/mol. The van der Waals surface area contributed by atoms with Gasteiger partial charge in [0, 0.05) is 4.83 Å². The molecule has 0 saturated carbocycles. The Bertz CT molecular complexity index is 464. The third-order valence-corrected chi connectivity index (χ3v) is 4.79. The van der Waals surface area contributed by atoms with Crippen molar-refractivity contribution in [2.24, 2.45) is 5.92 Å². The minimum atomic E-state index is -0.526. The number of esters is 2. The first-order valence-electron chi connectivity index (χ1n) is 6.48. The van der Waals surface area contributed by atoms with Crippen molar-refractivity contribution in [1.82, 2.24) is 0 Å². The fourth-order valence-electron chi connectivity index (χ4n) is 1.98. The van der Waals surface area contributed by atoms with Crippen LogP contribution in [0.3, 0.4) is 0 Å². The molecule has 0 amide bonds. The van der Waals surface area contributed by atoms with Gasteiger partial charge in [0.1, 0.15) is 4.83 Å². The van der Waals surface area contributed by atoms with E-state index in [-0.39, 0.29) is 10.8 Å². The van der Waals surface area contributed by atoms with Crippen LogP contribution in [-0.2, 0) is 19.1 Å². The van der Waals surface area contributed by atoms with E-state index in [1.807, 2.05) is 30.3 Å². The van der Waals surface area contributed by atoms with E-state index >= 15 is 0 Å². The van der Waals surface area contributed by atoms with Gasteiger partial charge in [0.25, 0.3) is 0 Å². The van der Waals surface area contributed by atoms with Gasteiger partial charge < -0.3 is 9.47 Å². The summed E-state index contributed by atoms with van der Waals surface area (Å²) in [5.74, 6) is -1.12. The van der Waals surface area contributed by atoms with Gasteiger partial charge in [-0.3, -0.25) is 9.59 Å². The fourth-order valence-corrected chi connectivity index (χ4v) is 3.37. The number of ether oxygens (including phenoxy) is 2. The van der Waals surface area contributed by atoms with Crippen LogP contribution in [0.4, 0.5) is 0 Å². The molecule has 3 unspecified atom stereocenters. The summed E-state index contributed by atoms with van der Waals surface area (Å²) in [7, 11) is 2.67. The number of rotatable bonds is 7. The lowest BCUT2D eigenvalue weighted by atomic mass is 9.95. The van der Waals surface area contributed by atoms with Crippen LogP contribution in [0.25, 0.3) is 0 Å². The highest BCUT2D eigenvalue weighted by molar-refractivity contribution is 9.10. The van der Waals surface area contributed by atoms with Crippen LogP contribution in [-0.4, -0.2) is 31.0 Å². The van der Waals surface area contributed by atoms with Gasteiger partial charge in [-0.25, -0.2) is 0 Å². The first-order valence-corrected chi connectivity index (χ1v) is 8.31. The van der Waals surface area contributed by atoms with Gasteiger partial charge >= 0.3 is 11.9 Å². The van der Waals surface area contributed by atoms with E-state index in [4.69, 9.17) is 4.74 Å². The second-order valence-corrected chi connectivity index (χ2v) is 6.77. The normalized spacial score (nSPS) is 14.9. The first-order chi connectivity index (χ1) is 9.99. The zero-order valence-corrected chi connectivity index (χ0v) is 15.1. The highest BCUT2D eigenvalue weighted by Crippen LogP contribution is 2.33. The monoisotopic (exact) mass is 420 g/mol. The number of carbonyl (C=O) groups excluding carboxylic acids is 2. The molecule has 1 rings (SSSR count). The maximum atomic E-state index is 11.9. The Kier molecular flexibility index (Phi) is 7.96. The van der Waals surface area contributed by atoms with Gasteiger partial charge in [-0.05, 0) is 18.4 Å². The van der Waals surface area contributed by atoms with Crippen molar-refractivity contribution in [2.45, 2.75) is 22.5 Å². The quantitative estimate of drug-likeness (QED) is 0.498. The minimum absolute atomic E-state index is 0.0140. The fraction of sp³-hybridized carbons (Fsp3) is 0.467. The van der Waals surface area contributed by atoms with E-state index in [2.05, 4.69) is 36.6 Å². The largest absolute Gasteiger partial charge is 0.469 e. The third kappa shape index (κ3) is 5.79. The number of hydrogen-bond acceptors (Lipinski definition) is 4.